The topological polar surface area (TPSA) is 21.3 Å². The summed E-state index contributed by atoms with van der Waals surface area (Å²) in [5, 5.41) is 3.33. The molecule has 1 saturated heterocycles. The molecule has 0 saturated carbocycles. The summed E-state index contributed by atoms with van der Waals surface area (Å²) in [6.07, 6.45) is 2.56. The molecule has 1 aromatic carbocycles. The number of aryl methyl sites for hydroxylation is 1. The first kappa shape index (κ1) is 11.0. The summed E-state index contributed by atoms with van der Waals surface area (Å²) in [5.74, 6) is 0.974. The molecule has 2 nitrogen and oxygen atoms in total. The molecular formula is C12H16BrNO. The van der Waals surface area contributed by atoms with Crippen LogP contribution < -0.4 is 10.1 Å². The second-order valence-electron chi connectivity index (χ2n) is 4.00. The van der Waals surface area contributed by atoms with E-state index in [1.807, 2.05) is 6.07 Å². The van der Waals surface area contributed by atoms with Gasteiger partial charge in [0.1, 0.15) is 11.9 Å². The Hall–Kier alpha value is -0.540. The average Bonchev–Trinajstić information content (AvgIpc) is 2.25. The lowest BCUT2D eigenvalue weighted by Crippen LogP contribution is -2.34. The monoisotopic (exact) mass is 269 g/mol. The number of ether oxygens (including phenoxy) is 1. The van der Waals surface area contributed by atoms with Crippen LogP contribution in [0.2, 0.25) is 0 Å². The predicted molar refractivity (Wildman–Crippen MR) is 65.4 cm³/mol. The Labute approximate surface area is 99.1 Å². The van der Waals surface area contributed by atoms with Gasteiger partial charge >= 0.3 is 0 Å². The standard InChI is InChI=1S/C12H16BrNO/c1-9-2-3-11(13)12(8-9)15-10-4-6-14-7-5-10/h2-3,8,10,14H,4-7H2,1H3. The Morgan fingerprint density at radius 3 is 2.80 bits per heavy atom. The maximum absolute atomic E-state index is 5.98. The van der Waals surface area contributed by atoms with E-state index >= 15 is 0 Å². The third kappa shape index (κ3) is 2.95. The van der Waals surface area contributed by atoms with Crippen LogP contribution in [0.5, 0.6) is 5.75 Å². The van der Waals surface area contributed by atoms with Crippen LogP contribution in [0.4, 0.5) is 0 Å². The van der Waals surface area contributed by atoms with E-state index in [-0.39, 0.29) is 0 Å². The lowest BCUT2D eigenvalue weighted by molar-refractivity contribution is 0.161. The highest BCUT2D eigenvalue weighted by Crippen LogP contribution is 2.28. The minimum atomic E-state index is 0.365. The lowest BCUT2D eigenvalue weighted by atomic mass is 10.1. The molecule has 0 amide bonds. The molecule has 1 aliphatic rings. The van der Waals surface area contributed by atoms with Crippen LogP contribution in [0, 0.1) is 6.92 Å². The van der Waals surface area contributed by atoms with Gasteiger partial charge in [-0.2, -0.15) is 0 Å². The number of hydrogen-bond acceptors (Lipinski definition) is 2. The first-order valence-electron chi connectivity index (χ1n) is 5.39. The van der Waals surface area contributed by atoms with Gasteiger partial charge in [0.25, 0.3) is 0 Å². The number of hydrogen-bond donors (Lipinski definition) is 1. The van der Waals surface area contributed by atoms with Crippen LogP contribution in [0.1, 0.15) is 18.4 Å². The Morgan fingerprint density at radius 2 is 2.07 bits per heavy atom. The summed E-state index contributed by atoms with van der Waals surface area (Å²) in [6.45, 7) is 4.21. The van der Waals surface area contributed by atoms with E-state index in [0.29, 0.717) is 6.10 Å². The van der Waals surface area contributed by atoms with E-state index in [2.05, 4.69) is 40.3 Å². The predicted octanol–water partition coefficient (Wildman–Crippen LogP) is 2.89. The van der Waals surface area contributed by atoms with Crippen molar-refractivity contribution in [1.29, 1.82) is 0 Å². The fourth-order valence-corrected chi connectivity index (χ4v) is 2.13. The first-order chi connectivity index (χ1) is 7.25. The Kier molecular flexibility index (Phi) is 3.65. The fraction of sp³-hybridized carbons (Fsp3) is 0.500. The molecule has 0 unspecified atom stereocenters. The van der Waals surface area contributed by atoms with Crippen molar-refractivity contribution in [3.63, 3.8) is 0 Å². The molecule has 0 aromatic heterocycles. The van der Waals surface area contributed by atoms with Crippen molar-refractivity contribution in [3.8, 4) is 5.75 Å². The maximum atomic E-state index is 5.98. The largest absolute Gasteiger partial charge is 0.489 e. The number of piperidine rings is 1. The molecule has 1 heterocycles. The fourth-order valence-electron chi connectivity index (χ4n) is 1.79. The number of benzene rings is 1. The molecule has 0 radical (unpaired) electrons. The van der Waals surface area contributed by atoms with Gasteiger partial charge in [0.2, 0.25) is 0 Å². The van der Waals surface area contributed by atoms with Crippen LogP contribution in [0.15, 0.2) is 22.7 Å². The van der Waals surface area contributed by atoms with E-state index < -0.39 is 0 Å². The quantitative estimate of drug-likeness (QED) is 0.892. The molecule has 0 aliphatic carbocycles. The molecule has 1 fully saturated rings. The van der Waals surface area contributed by atoms with Gasteiger partial charge in [-0.05, 0) is 66.5 Å². The van der Waals surface area contributed by atoms with E-state index in [0.717, 1.165) is 36.2 Å². The molecule has 1 aliphatic heterocycles. The van der Waals surface area contributed by atoms with Gasteiger partial charge in [-0.3, -0.25) is 0 Å². The molecule has 1 N–H and O–H groups in total. The zero-order chi connectivity index (χ0) is 10.7. The van der Waals surface area contributed by atoms with E-state index in [1.165, 1.54) is 5.56 Å². The van der Waals surface area contributed by atoms with Crippen molar-refractivity contribution in [2.24, 2.45) is 0 Å². The van der Waals surface area contributed by atoms with Gasteiger partial charge in [-0.25, -0.2) is 0 Å². The third-order valence-corrected chi connectivity index (χ3v) is 3.32. The number of halogens is 1. The highest BCUT2D eigenvalue weighted by atomic mass is 79.9. The average molecular weight is 270 g/mol. The van der Waals surface area contributed by atoms with Crippen molar-refractivity contribution in [1.82, 2.24) is 5.32 Å². The Morgan fingerprint density at radius 1 is 1.33 bits per heavy atom. The molecule has 3 heteroatoms. The molecule has 2 rings (SSSR count). The second kappa shape index (κ2) is 4.99. The lowest BCUT2D eigenvalue weighted by Gasteiger charge is -2.24. The van der Waals surface area contributed by atoms with Crippen molar-refractivity contribution < 1.29 is 4.74 Å². The molecule has 1 aromatic rings. The molecule has 0 bridgehead atoms. The molecular weight excluding hydrogens is 254 g/mol. The third-order valence-electron chi connectivity index (χ3n) is 2.67. The highest BCUT2D eigenvalue weighted by Gasteiger charge is 2.15. The van der Waals surface area contributed by atoms with Gasteiger partial charge < -0.3 is 10.1 Å². The van der Waals surface area contributed by atoms with Gasteiger partial charge in [0.05, 0.1) is 4.47 Å². The van der Waals surface area contributed by atoms with Gasteiger partial charge in [-0.1, -0.05) is 6.07 Å². The smallest absolute Gasteiger partial charge is 0.134 e. The summed E-state index contributed by atoms with van der Waals surface area (Å²) in [6, 6.07) is 6.22. The first-order valence-corrected chi connectivity index (χ1v) is 6.18. The zero-order valence-corrected chi connectivity index (χ0v) is 10.5. The van der Waals surface area contributed by atoms with Crippen LogP contribution in [-0.4, -0.2) is 19.2 Å². The normalized spacial score (nSPS) is 17.7. The van der Waals surface area contributed by atoms with Crippen molar-refractivity contribution in [3.05, 3.63) is 28.2 Å². The maximum Gasteiger partial charge on any atom is 0.134 e. The van der Waals surface area contributed by atoms with Gasteiger partial charge in [-0.15, -0.1) is 0 Å². The van der Waals surface area contributed by atoms with Gasteiger partial charge in [0, 0.05) is 0 Å². The number of rotatable bonds is 2. The summed E-state index contributed by atoms with van der Waals surface area (Å²) < 4.78 is 7.03. The Bertz CT molecular complexity index is 334. The van der Waals surface area contributed by atoms with Crippen molar-refractivity contribution in [2.75, 3.05) is 13.1 Å². The minimum Gasteiger partial charge on any atom is -0.489 e. The summed E-state index contributed by atoms with van der Waals surface area (Å²) in [4.78, 5) is 0. The molecule has 0 atom stereocenters. The van der Waals surface area contributed by atoms with Crippen LogP contribution in [-0.2, 0) is 0 Å². The van der Waals surface area contributed by atoms with E-state index in [1.54, 1.807) is 0 Å². The highest BCUT2D eigenvalue weighted by molar-refractivity contribution is 9.10. The minimum absolute atomic E-state index is 0.365. The zero-order valence-electron chi connectivity index (χ0n) is 8.92. The van der Waals surface area contributed by atoms with Crippen molar-refractivity contribution in [2.45, 2.75) is 25.9 Å². The van der Waals surface area contributed by atoms with Crippen LogP contribution in [0.3, 0.4) is 0 Å². The van der Waals surface area contributed by atoms with Gasteiger partial charge in [0.15, 0.2) is 0 Å². The molecule has 0 spiro atoms. The summed E-state index contributed by atoms with van der Waals surface area (Å²) in [7, 11) is 0. The van der Waals surface area contributed by atoms with E-state index in [9.17, 15) is 0 Å². The number of nitrogens with one attached hydrogen (secondary N) is 1. The second-order valence-corrected chi connectivity index (χ2v) is 4.86. The summed E-state index contributed by atoms with van der Waals surface area (Å²) >= 11 is 3.52. The van der Waals surface area contributed by atoms with Crippen molar-refractivity contribution >= 4 is 15.9 Å². The summed E-state index contributed by atoms with van der Waals surface area (Å²) in [5.41, 5.74) is 1.24. The van der Waals surface area contributed by atoms with Crippen LogP contribution in [0.25, 0.3) is 0 Å². The molecule has 15 heavy (non-hydrogen) atoms. The van der Waals surface area contributed by atoms with Crippen LogP contribution >= 0.6 is 15.9 Å². The Balaban J connectivity index is 2.05. The molecule has 82 valence electrons. The SMILES string of the molecule is Cc1ccc(Br)c(OC2CCNCC2)c1. The van der Waals surface area contributed by atoms with E-state index in [4.69, 9.17) is 4.74 Å².